The van der Waals surface area contributed by atoms with Crippen LogP contribution in [0.25, 0.3) is 0 Å². The van der Waals surface area contributed by atoms with Gasteiger partial charge in [0.2, 0.25) is 0 Å². The smallest absolute Gasteiger partial charge is 0.150 e. The molecule has 1 aromatic heterocycles. The maximum atomic E-state index is 5.08. The summed E-state index contributed by atoms with van der Waals surface area (Å²) in [5.41, 5.74) is 0.948. The Kier molecular flexibility index (Phi) is 5.71. The Morgan fingerprint density at radius 2 is 2.36 bits per heavy atom. The fourth-order valence-electron chi connectivity index (χ4n) is 1.21. The van der Waals surface area contributed by atoms with Gasteiger partial charge in [0, 0.05) is 6.07 Å². The summed E-state index contributed by atoms with van der Waals surface area (Å²) in [6.07, 6.45) is 4.66. The first-order valence-corrected chi connectivity index (χ1v) is 6.34. The van der Waals surface area contributed by atoms with Crippen molar-refractivity contribution >= 4 is 11.8 Å². The van der Waals surface area contributed by atoms with Crippen LogP contribution in [0, 0.1) is 6.92 Å². The van der Waals surface area contributed by atoms with Crippen LogP contribution in [0.3, 0.4) is 0 Å². The van der Waals surface area contributed by atoms with Crippen molar-refractivity contribution in [3.05, 3.63) is 17.5 Å². The van der Waals surface area contributed by atoms with Crippen molar-refractivity contribution in [3.63, 3.8) is 0 Å². The number of hydrogen-bond donors (Lipinski definition) is 1. The number of unbranched alkanes of at least 4 members (excludes halogenated alkanes) is 1. The minimum Gasteiger partial charge on any atom is -0.360 e. The van der Waals surface area contributed by atoms with Crippen LogP contribution in [0.15, 0.2) is 10.6 Å². The van der Waals surface area contributed by atoms with Gasteiger partial charge >= 0.3 is 0 Å². The molecule has 3 nitrogen and oxygen atoms in total. The lowest BCUT2D eigenvalue weighted by Crippen LogP contribution is -2.14. The molecule has 0 aliphatic rings. The van der Waals surface area contributed by atoms with Crippen molar-refractivity contribution in [1.82, 2.24) is 10.5 Å². The number of aromatic nitrogens is 1. The summed E-state index contributed by atoms with van der Waals surface area (Å²) in [5.74, 6) is 2.18. The molecule has 0 saturated carbocycles. The number of hydrogen-bond acceptors (Lipinski definition) is 4. The molecule has 1 heterocycles. The molecule has 14 heavy (non-hydrogen) atoms. The highest BCUT2D eigenvalue weighted by molar-refractivity contribution is 7.98. The Labute approximate surface area is 89.6 Å². The molecule has 0 saturated heterocycles. The zero-order chi connectivity index (χ0) is 10.2. The number of nitrogens with zero attached hydrogens (tertiary/aromatic N) is 1. The number of rotatable bonds is 7. The Balaban J connectivity index is 1.99. The molecule has 0 aliphatic carbocycles. The molecule has 0 amide bonds. The first-order chi connectivity index (χ1) is 6.83. The molecule has 80 valence electrons. The fourth-order valence-corrected chi connectivity index (χ4v) is 1.70. The van der Waals surface area contributed by atoms with Gasteiger partial charge in [-0.2, -0.15) is 11.8 Å². The maximum Gasteiger partial charge on any atom is 0.150 e. The minimum absolute atomic E-state index is 0.792. The molecule has 0 bridgehead atoms. The van der Waals surface area contributed by atoms with E-state index in [4.69, 9.17) is 4.52 Å². The average molecular weight is 214 g/mol. The van der Waals surface area contributed by atoms with E-state index in [0.717, 1.165) is 24.5 Å². The third-order valence-corrected chi connectivity index (χ3v) is 2.62. The third-order valence-electron chi connectivity index (χ3n) is 1.93. The van der Waals surface area contributed by atoms with Gasteiger partial charge in [0.05, 0.1) is 12.2 Å². The third kappa shape index (κ3) is 4.67. The topological polar surface area (TPSA) is 38.1 Å². The lowest BCUT2D eigenvalue weighted by atomic mass is 10.3. The molecule has 0 radical (unpaired) electrons. The molecule has 0 aliphatic heterocycles. The van der Waals surface area contributed by atoms with Gasteiger partial charge < -0.3 is 9.84 Å². The summed E-state index contributed by atoms with van der Waals surface area (Å²) in [5, 5.41) is 7.16. The van der Waals surface area contributed by atoms with E-state index >= 15 is 0 Å². The van der Waals surface area contributed by atoms with Crippen LogP contribution >= 0.6 is 11.8 Å². The Hall–Kier alpha value is -0.480. The number of nitrogens with one attached hydrogen (secondary N) is 1. The molecular weight excluding hydrogens is 196 g/mol. The molecule has 1 rings (SSSR count). The fraction of sp³-hybridized carbons (Fsp3) is 0.700. The molecule has 0 unspecified atom stereocenters. The van der Waals surface area contributed by atoms with Gasteiger partial charge in [-0.25, -0.2) is 0 Å². The van der Waals surface area contributed by atoms with Crippen molar-refractivity contribution < 1.29 is 4.52 Å². The lowest BCUT2D eigenvalue weighted by molar-refractivity contribution is 0.369. The number of thioether (sulfide) groups is 1. The summed E-state index contributed by atoms with van der Waals surface area (Å²) in [6, 6.07) is 1.97. The van der Waals surface area contributed by atoms with Gasteiger partial charge in [-0.05, 0) is 38.3 Å². The van der Waals surface area contributed by atoms with Gasteiger partial charge in [0.15, 0.2) is 5.76 Å². The minimum atomic E-state index is 0.792. The SMILES string of the molecule is CSCCCCNCc1cc(C)no1. The normalized spacial score (nSPS) is 10.7. The predicted molar refractivity (Wildman–Crippen MR) is 60.6 cm³/mol. The van der Waals surface area contributed by atoms with Crippen molar-refractivity contribution in [3.8, 4) is 0 Å². The monoisotopic (exact) mass is 214 g/mol. The second-order valence-electron chi connectivity index (χ2n) is 3.31. The van der Waals surface area contributed by atoms with Crippen LogP contribution < -0.4 is 5.32 Å². The van der Waals surface area contributed by atoms with Crippen molar-refractivity contribution in [2.45, 2.75) is 26.3 Å². The van der Waals surface area contributed by atoms with E-state index < -0.39 is 0 Å². The van der Waals surface area contributed by atoms with Crippen molar-refractivity contribution in [1.29, 1.82) is 0 Å². The van der Waals surface area contributed by atoms with Crippen LogP contribution in [0.1, 0.15) is 24.3 Å². The largest absolute Gasteiger partial charge is 0.360 e. The van der Waals surface area contributed by atoms with Gasteiger partial charge in [0.25, 0.3) is 0 Å². The lowest BCUT2D eigenvalue weighted by Gasteiger charge is -2.00. The van der Waals surface area contributed by atoms with E-state index in [2.05, 4.69) is 16.7 Å². The molecule has 0 aromatic carbocycles. The quantitative estimate of drug-likeness (QED) is 0.706. The Bertz CT molecular complexity index is 250. The summed E-state index contributed by atoms with van der Waals surface area (Å²) < 4.78 is 5.08. The Morgan fingerprint density at radius 1 is 1.50 bits per heavy atom. The Morgan fingerprint density at radius 3 is 3.00 bits per heavy atom. The molecule has 1 N–H and O–H groups in total. The predicted octanol–water partition coefficient (Wildman–Crippen LogP) is 2.22. The summed E-state index contributed by atoms with van der Waals surface area (Å²) >= 11 is 1.90. The first-order valence-electron chi connectivity index (χ1n) is 4.95. The first kappa shape index (κ1) is 11.6. The van der Waals surface area contributed by atoms with E-state index in [1.54, 1.807) is 0 Å². The van der Waals surface area contributed by atoms with E-state index in [0.29, 0.717) is 0 Å². The van der Waals surface area contributed by atoms with Gasteiger partial charge in [-0.15, -0.1) is 0 Å². The molecule has 4 heteroatoms. The van der Waals surface area contributed by atoms with E-state index in [1.807, 2.05) is 24.8 Å². The maximum absolute atomic E-state index is 5.08. The van der Waals surface area contributed by atoms with Crippen LogP contribution in [-0.4, -0.2) is 23.7 Å². The average Bonchev–Trinajstić information content (AvgIpc) is 2.58. The van der Waals surface area contributed by atoms with Crippen LogP contribution in [0.5, 0.6) is 0 Å². The summed E-state index contributed by atoms with van der Waals surface area (Å²) in [4.78, 5) is 0. The molecular formula is C10H18N2OS. The van der Waals surface area contributed by atoms with Crippen molar-refractivity contribution in [2.75, 3.05) is 18.6 Å². The van der Waals surface area contributed by atoms with E-state index in [9.17, 15) is 0 Å². The second kappa shape index (κ2) is 6.90. The zero-order valence-corrected chi connectivity index (χ0v) is 9.69. The highest BCUT2D eigenvalue weighted by Crippen LogP contribution is 2.02. The number of aryl methyl sites for hydroxylation is 1. The van der Waals surface area contributed by atoms with Crippen LogP contribution in [0.4, 0.5) is 0 Å². The van der Waals surface area contributed by atoms with Gasteiger partial charge in [-0.1, -0.05) is 5.16 Å². The van der Waals surface area contributed by atoms with Crippen LogP contribution in [0.2, 0.25) is 0 Å². The highest BCUT2D eigenvalue weighted by atomic mass is 32.2. The van der Waals surface area contributed by atoms with Crippen LogP contribution in [-0.2, 0) is 6.54 Å². The van der Waals surface area contributed by atoms with Gasteiger partial charge in [-0.3, -0.25) is 0 Å². The van der Waals surface area contributed by atoms with E-state index in [-0.39, 0.29) is 0 Å². The highest BCUT2D eigenvalue weighted by Gasteiger charge is 1.98. The molecule has 0 spiro atoms. The molecule has 0 fully saturated rings. The van der Waals surface area contributed by atoms with Gasteiger partial charge in [0.1, 0.15) is 0 Å². The molecule has 1 aromatic rings. The van der Waals surface area contributed by atoms with Crippen molar-refractivity contribution in [2.24, 2.45) is 0 Å². The second-order valence-corrected chi connectivity index (χ2v) is 4.30. The zero-order valence-electron chi connectivity index (χ0n) is 8.88. The summed E-state index contributed by atoms with van der Waals surface area (Å²) in [6.45, 7) is 3.78. The van der Waals surface area contributed by atoms with E-state index in [1.165, 1.54) is 18.6 Å². The molecule has 0 atom stereocenters. The standard InChI is InChI=1S/C10H18N2OS/c1-9-7-10(13-12-9)8-11-5-3-4-6-14-2/h7,11H,3-6,8H2,1-2H3. The summed E-state index contributed by atoms with van der Waals surface area (Å²) in [7, 11) is 0.